The van der Waals surface area contributed by atoms with Crippen molar-refractivity contribution in [2.24, 2.45) is 0 Å². The van der Waals surface area contributed by atoms with Crippen LogP contribution >= 0.6 is 0 Å². The molecule has 4 aromatic rings. The molecule has 1 amide bonds. The van der Waals surface area contributed by atoms with Crippen LogP contribution in [0.4, 0.5) is 5.69 Å². The molecule has 2 aromatic heterocycles. The molecule has 0 radical (unpaired) electrons. The van der Waals surface area contributed by atoms with E-state index in [4.69, 9.17) is 0 Å². The molecular formula is C19H17N5O2. The Morgan fingerprint density at radius 1 is 1.12 bits per heavy atom. The molecule has 7 heteroatoms. The summed E-state index contributed by atoms with van der Waals surface area (Å²) in [5, 5.41) is 7.25. The molecule has 26 heavy (non-hydrogen) atoms. The second kappa shape index (κ2) is 6.36. The number of imidazole rings is 1. The van der Waals surface area contributed by atoms with Gasteiger partial charge in [-0.25, -0.2) is 9.48 Å². The highest BCUT2D eigenvalue weighted by atomic mass is 16.2. The first-order valence-electron chi connectivity index (χ1n) is 8.31. The number of carbonyl (C=O) groups excluding carboxylic acids is 1. The number of aromatic nitrogens is 4. The van der Waals surface area contributed by atoms with Gasteiger partial charge >= 0.3 is 5.69 Å². The van der Waals surface area contributed by atoms with E-state index in [-0.39, 0.29) is 11.6 Å². The SMILES string of the molecule is CCc1c(C(=O)Nc2ccc3[nH]c(=O)[nH]c3c2)cnn1-c1ccccc1. The van der Waals surface area contributed by atoms with Gasteiger partial charge in [-0.2, -0.15) is 5.10 Å². The Labute approximate surface area is 148 Å². The normalized spacial score (nSPS) is 11.0. The first-order valence-corrected chi connectivity index (χ1v) is 8.31. The molecule has 0 saturated heterocycles. The van der Waals surface area contributed by atoms with Crippen LogP contribution in [0.2, 0.25) is 0 Å². The summed E-state index contributed by atoms with van der Waals surface area (Å²) in [5.41, 5.74) is 3.94. The number of rotatable bonds is 4. The maximum absolute atomic E-state index is 12.7. The third-order valence-electron chi connectivity index (χ3n) is 4.22. The summed E-state index contributed by atoms with van der Waals surface area (Å²) >= 11 is 0. The fourth-order valence-electron chi connectivity index (χ4n) is 3.00. The number of anilines is 1. The Bertz CT molecular complexity index is 1140. The number of nitrogens with one attached hydrogen (secondary N) is 3. The van der Waals surface area contributed by atoms with E-state index in [2.05, 4.69) is 20.4 Å². The van der Waals surface area contributed by atoms with Gasteiger partial charge < -0.3 is 15.3 Å². The van der Waals surface area contributed by atoms with E-state index in [0.717, 1.165) is 11.4 Å². The molecular weight excluding hydrogens is 330 g/mol. The second-order valence-corrected chi connectivity index (χ2v) is 5.90. The molecule has 0 atom stereocenters. The zero-order valence-electron chi connectivity index (χ0n) is 14.1. The molecule has 7 nitrogen and oxygen atoms in total. The van der Waals surface area contributed by atoms with Crippen LogP contribution in [0.15, 0.2) is 59.5 Å². The van der Waals surface area contributed by atoms with Gasteiger partial charge in [0.25, 0.3) is 5.91 Å². The van der Waals surface area contributed by atoms with Gasteiger partial charge in [-0.15, -0.1) is 0 Å². The molecule has 0 aliphatic rings. The third-order valence-corrected chi connectivity index (χ3v) is 4.22. The summed E-state index contributed by atoms with van der Waals surface area (Å²) in [6.45, 7) is 1.99. The van der Waals surface area contributed by atoms with Crippen LogP contribution < -0.4 is 11.0 Å². The Kier molecular flexibility index (Phi) is 3.89. The molecule has 0 bridgehead atoms. The molecule has 0 unspecified atom stereocenters. The lowest BCUT2D eigenvalue weighted by molar-refractivity contribution is 0.102. The minimum Gasteiger partial charge on any atom is -0.322 e. The number of H-pyrrole nitrogens is 2. The Hall–Kier alpha value is -3.61. The van der Waals surface area contributed by atoms with Gasteiger partial charge in [-0.1, -0.05) is 25.1 Å². The Morgan fingerprint density at radius 3 is 2.65 bits per heavy atom. The number of para-hydroxylation sites is 1. The van der Waals surface area contributed by atoms with Gasteiger partial charge in [0, 0.05) is 5.69 Å². The van der Waals surface area contributed by atoms with Crippen molar-refractivity contribution in [3.8, 4) is 5.69 Å². The minimum atomic E-state index is -0.277. The summed E-state index contributed by atoms with van der Waals surface area (Å²) < 4.78 is 1.78. The van der Waals surface area contributed by atoms with Gasteiger partial charge in [0.1, 0.15) is 0 Å². The Balaban J connectivity index is 1.65. The smallest absolute Gasteiger partial charge is 0.322 e. The number of aromatic amines is 2. The molecule has 2 heterocycles. The number of nitrogens with zero attached hydrogens (tertiary/aromatic N) is 2. The minimum absolute atomic E-state index is 0.235. The standard InChI is InChI=1S/C19H17N5O2/c1-2-17-14(11-20-24(17)13-6-4-3-5-7-13)18(25)21-12-8-9-15-16(10-12)23-19(26)22-15/h3-11H,2H2,1H3,(H,21,25)(H2,22,23,26). The van der Waals surface area contributed by atoms with Crippen LogP contribution in [0, 0.1) is 0 Å². The number of benzene rings is 2. The maximum Gasteiger partial charge on any atom is 0.323 e. The molecule has 0 saturated carbocycles. The summed E-state index contributed by atoms with van der Waals surface area (Å²) in [7, 11) is 0. The van der Waals surface area contributed by atoms with Crippen molar-refractivity contribution >= 4 is 22.6 Å². The van der Waals surface area contributed by atoms with Crippen molar-refractivity contribution in [1.29, 1.82) is 0 Å². The summed E-state index contributed by atoms with van der Waals surface area (Å²) in [6, 6.07) is 14.9. The van der Waals surface area contributed by atoms with Crippen LogP contribution in [-0.4, -0.2) is 25.7 Å². The van der Waals surface area contributed by atoms with Crippen LogP contribution in [0.5, 0.6) is 0 Å². The number of fused-ring (bicyclic) bond motifs is 1. The van der Waals surface area contributed by atoms with Crippen molar-refractivity contribution in [2.75, 3.05) is 5.32 Å². The van der Waals surface area contributed by atoms with Gasteiger partial charge in [-0.3, -0.25) is 4.79 Å². The lowest BCUT2D eigenvalue weighted by Gasteiger charge is -2.08. The lowest BCUT2D eigenvalue weighted by Crippen LogP contribution is -2.14. The van der Waals surface area contributed by atoms with Crippen LogP contribution in [0.1, 0.15) is 23.0 Å². The second-order valence-electron chi connectivity index (χ2n) is 5.90. The van der Waals surface area contributed by atoms with E-state index >= 15 is 0 Å². The van der Waals surface area contributed by atoms with E-state index < -0.39 is 0 Å². The molecule has 4 rings (SSSR count). The van der Waals surface area contributed by atoms with Crippen molar-refractivity contribution < 1.29 is 4.79 Å². The van der Waals surface area contributed by atoms with Crippen molar-refractivity contribution in [3.05, 3.63) is 76.5 Å². The van der Waals surface area contributed by atoms with Crippen LogP contribution in [-0.2, 0) is 6.42 Å². The molecule has 0 spiro atoms. The van der Waals surface area contributed by atoms with Crippen LogP contribution in [0.3, 0.4) is 0 Å². The number of amides is 1. The fourth-order valence-corrected chi connectivity index (χ4v) is 3.00. The highest BCUT2D eigenvalue weighted by molar-refractivity contribution is 6.05. The van der Waals surface area contributed by atoms with Crippen LogP contribution in [0.25, 0.3) is 16.7 Å². The van der Waals surface area contributed by atoms with Gasteiger partial charge in [-0.05, 0) is 36.8 Å². The highest BCUT2D eigenvalue weighted by Gasteiger charge is 2.17. The van der Waals surface area contributed by atoms with Crippen molar-refractivity contribution in [3.63, 3.8) is 0 Å². The van der Waals surface area contributed by atoms with Gasteiger partial charge in [0.2, 0.25) is 0 Å². The molecule has 130 valence electrons. The largest absolute Gasteiger partial charge is 0.323 e. The molecule has 0 aliphatic carbocycles. The molecule has 3 N–H and O–H groups in total. The average molecular weight is 347 g/mol. The number of carbonyl (C=O) groups is 1. The van der Waals surface area contributed by atoms with E-state index in [0.29, 0.717) is 28.7 Å². The first kappa shape index (κ1) is 15.9. The van der Waals surface area contributed by atoms with E-state index in [1.807, 2.05) is 37.3 Å². The summed E-state index contributed by atoms with van der Waals surface area (Å²) in [4.78, 5) is 29.4. The van der Waals surface area contributed by atoms with E-state index in [1.165, 1.54) is 0 Å². The predicted molar refractivity (Wildman–Crippen MR) is 99.8 cm³/mol. The predicted octanol–water partition coefficient (Wildman–Crippen LogP) is 2.86. The molecule has 0 fully saturated rings. The quantitative estimate of drug-likeness (QED) is 0.530. The lowest BCUT2D eigenvalue weighted by atomic mass is 10.1. The van der Waals surface area contributed by atoms with E-state index in [9.17, 15) is 9.59 Å². The summed E-state index contributed by atoms with van der Waals surface area (Å²) in [5.74, 6) is -0.235. The van der Waals surface area contributed by atoms with Crippen molar-refractivity contribution in [1.82, 2.24) is 19.7 Å². The topological polar surface area (TPSA) is 95.6 Å². The fraction of sp³-hybridized carbons (Fsp3) is 0.105. The molecule has 0 aliphatic heterocycles. The molecule has 2 aromatic carbocycles. The number of hydrogen-bond donors (Lipinski definition) is 3. The van der Waals surface area contributed by atoms with Crippen molar-refractivity contribution in [2.45, 2.75) is 13.3 Å². The Morgan fingerprint density at radius 2 is 1.88 bits per heavy atom. The van der Waals surface area contributed by atoms with Gasteiger partial charge in [0.05, 0.1) is 34.2 Å². The number of hydrogen-bond acceptors (Lipinski definition) is 3. The highest BCUT2D eigenvalue weighted by Crippen LogP contribution is 2.19. The zero-order valence-corrected chi connectivity index (χ0v) is 14.1. The third kappa shape index (κ3) is 2.79. The zero-order chi connectivity index (χ0) is 18.1. The monoisotopic (exact) mass is 347 g/mol. The first-order chi connectivity index (χ1) is 12.7. The van der Waals surface area contributed by atoms with E-state index in [1.54, 1.807) is 29.1 Å². The summed E-state index contributed by atoms with van der Waals surface area (Å²) in [6.07, 6.45) is 2.25. The van der Waals surface area contributed by atoms with Gasteiger partial charge in [0.15, 0.2) is 0 Å². The maximum atomic E-state index is 12.7. The average Bonchev–Trinajstić information content (AvgIpc) is 3.24.